The molecule has 2 heterocycles. The molecule has 2 aromatic carbocycles. The highest BCUT2D eigenvalue weighted by atomic mass is 35.5. The first-order valence-electron chi connectivity index (χ1n) is 11.5. The van der Waals surface area contributed by atoms with E-state index >= 15 is 0 Å². The lowest BCUT2D eigenvalue weighted by Crippen LogP contribution is -2.31. The minimum absolute atomic E-state index is 0.0695. The summed E-state index contributed by atoms with van der Waals surface area (Å²) in [5, 5.41) is 19.2. The maximum atomic E-state index is 13.4. The number of thioether (sulfide) groups is 1. The molecular formula is C27H19Cl2F3N4O3S. The molecule has 1 aliphatic heterocycles. The normalized spacial score (nSPS) is 15.4. The zero-order valence-corrected chi connectivity index (χ0v) is 22.9. The van der Waals surface area contributed by atoms with Crippen LogP contribution in [0.1, 0.15) is 24.2 Å². The van der Waals surface area contributed by atoms with Crippen LogP contribution in [0.25, 0.3) is 0 Å². The number of carbonyl (C=O) groups excluding carboxylic acids is 2. The first-order chi connectivity index (χ1) is 19.0. The van der Waals surface area contributed by atoms with Crippen LogP contribution in [-0.4, -0.2) is 17.6 Å². The average Bonchev–Trinajstić information content (AvgIpc) is 3.43. The van der Waals surface area contributed by atoms with E-state index in [4.69, 9.17) is 27.6 Å². The van der Waals surface area contributed by atoms with E-state index in [0.717, 1.165) is 23.9 Å². The Balaban J connectivity index is 1.58. The lowest BCUT2D eigenvalue weighted by Gasteiger charge is -2.28. The molecule has 0 radical (unpaired) electrons. The van der Waals surface area contributed by atoms with Gasteiger partial charge in [0.25, 0.3) is 5.91 Å². The summed E-state index contributed by atoms with van der Waals surface area (Å²) in [4.78, 5) is 26.0. The van der Waals surface area contributed by atoms with Gasteiger partial charge in [0.2, 0.25) is 5.91 Å². The van der Waals surface area contributed by atoms with E-state index < -0.39 is 23.6 Å². The monoisotopic (exact) mass is 606 g/mol. The number of nitrogens with one attached hydrogen (secondary N) is 3. The number of anilines is 2. The van der Waals surface area contributed by atoms with Crippen molar-refractivity contribution in [3.8, 4) is 6.07 Å². The highest BCUT2D eigenvalue weighted by Gasteiger charge is 2.37. The van der Waals surface area contributed by atoms with Gasteiger partial charge >= 0.3 is 6.18 Å². The van der Waals surface area contributed by atoms with Gasteiger partial charge in [-0.15, -0.1) is 0 Å². The van der Waals surface area contributed by atoms with E-state index in [1.165, 1.54) is 24.5 Å². The SMILES string of the molecule is CC1=C(C(=O)Nc2cccc(C(F)(F)F)c2)C(c2ccco2)C(C#N)=C(SCC(=O)Nc2ccc(Cl)c(Cl)c2)N1. The molecular weight excluding hydrogens is 588 g/mol. The summed E-state index contributed by atoms with van der Waals surface area (Å²) in [6.07, 6.45) is -3.21. The summed E-state index contributed by atoms with van der Waals surface area (Å²) >= 11 is 12.9. The van der Waals surface area contributed by atoms with Gasteiger partial charge in [0.15, 0.2) is 0 Å². The number of alkyl halides is 3. The molecule has 206 valence electrons. The van der Waals surface area contributed by atoms with Crippen LogP contribution in [0.15, 0.2) is 87.1 Å². The summed E-state index contributed by atoms with van der Waals surface area (Å²) in [7, 11) is 0. The molecule has 0 aliphatic carbocycles. The van der Waals surface area contributed by atoms with Crippen LogP contribution in [0.5, 0.6) is 0 Å². The molecule has 2 amide bonds. The third-order valence-electron chi connectivity index (χ3n) is 5.72. The van der Waals surface area contributed by atoms with Gasteiger partial charge in [-0.05, 0) is 55.5 Å². The molecule has 1 atom stereocenters. The molecule has 7 nitrogen and oxygen atoms in total. The number of nitriles is 1. The predicted octanol–water partition coefficient (Wildman–Crippen LogP) is 7.31. The van der Waals surface area contributed by atoms with Gasteiger partial charge in [-0.25, -0.2) is 0 Å². The Morgan fingerprint density at radius 2 is 1.82 bits per heavy atom. The molecule has 0 saturated carbocycles. The van der Waals surface area contributed by atoms with Crippen LogP contribution in [0.3, 0.4) is 0 Å². The van der Waals surface area contributed by atoms with E-state index in [2.05, 4.69) is 22.0 Å². The second kappa shape index (κ2) is 12.1. The molecule has 3 aromatic rings. The summed E-state index contributed by atoms with van der Waals surface area (Å²) in [5.41, 5.74) is -0.0483. The van der Waals surface area contributed by atoms with Crippen LogP contribution in [-0.2, 0) is 15.8 Å². The van der Waals surface area contributed by atoms with Gasteiger partial charge in [0.05, 0.1) is 55.8 Å². The summed E-state index contributed by atoms with van der Waals surface area (Å²) < 4.78 is 45.0. The lowest BCUT2D eigenvalue weighted by atomic mass is 9.85. The number of halogens is 5. The van der Waals surface area contributed by atoms with Crippen LogP contribution < -0.4 is 16.0 Å². The summed E-state index contributed by atoms with van der Waals surface area (Å²) in [6, 6.07) is 14.1. The smallest absolute Gasteiger partial charge is 0.416 e. The zero-order valence-electron chi connectivity index (χ0n) is 20.5. The molecule has 1 aromatic heterocycles. The summed E-state index contributed by atoms with van der Waals surface area (Å²) in [6.45, 7) is 1.58. The minimum Gasteiger partial charge on any atom is -0.468 e. The second-order valence-electron chi connectivity index (χ2n) is 8.47. The number of benzene rings is 2. The first kappa shape index (κ1) is 29.1. The number of hydrogen-bond acceptors (Lipinski definition) is 6. The van der Waals surface area contributed by atoms with E-state index in [0.29, 0.717) is 21.4 Å². The fourth-order valence-corrected chi connectivity index (χ4v) is 5.14. The highest BCUT2D eigenvalue weighted by molar-refractivity contribution is 8.03. The third kappa shape index (κ3) is 6.65. The molecule has 0 fully saturated rings. The molecule has 40 heavy (non-hydrogen) atoms. The zero-order chi connectivity index (χ0) is 29.0. The Bertz CT molecular complexity index is 1560. The Kier molecular flexibility index (Phi) is 8.83. The molecule has 3 N–H and O–H groups in total. The van der Waals surface area contributed by atoms with Gasteiger partial charge < -0.3 is 20.4 Å². The van der Waals surface area contributed by atoms with Crippen LogP contribution in [0, 0.1) is 11.3 Å². The number of dihydropyridines is 1. The Labute approximate surface area is 241 Å². The van der Waals surface area contributed by atoms with Crippen molar-refractivity contribution in [1.82, 2.24) is 5.32 Å². The number of rotatable bonds is 7. The largest absolute Gasteiger partial charge is 0.468 e. The van der Waals surface area contributed by atoms with E-state index in [1.54, 1.807) is 31.2 Å². The molecule has 4 rings (SSSR count). The molecule has 0 saturated heterocycles. The molecule has 1 unspecified atom stereocenters. The predicted molar refractivity (Wildman–Crippen MR) is 148 cm³/mol. The van der Waals surface area contributed by atoms with Crippen molar-refractivity contribution in [1.29, 1.82) is 5.26 Å². The number of carbonyl (C=O) groups is 2. The van der Waals surface area contributed by atoms with Gasteiger partial charge in [-0.2, -0.15) is 18.4 Å². The van der Waals surface area contributed by atoms with E-state index in [1.807, 2.05) is 0 Å². The van der Waals surface area contributed by atoms with E-state index in [-0.39, 0.29) is 39.3 Å². The third-order valence-corrected chi connectivity index (χ3v) is 7.47. The van der Waals surface area contributed by atoms with Crippen molar-refractivity contribution in [3.63, 3.8) is 0 Å². The lowest BCUT2D eigenvalue weighted by molar-refractivity contribution is -0.137. The Morgan fingerprint density at radius 1 is 1.07 bits per heavy atom. The van der Waals surface area contributed by atoms with Crippen LogP contribution in [0.4, 0.5) is 24.5 Å². The van der Waals surface area contributed by atoms with Crippen molar-refractivity contribution in [2.45, 2.75) is 19.0 Å². The van der Waals surface area contributed by atoms with Gasteiger partial charge in [0, 0.05) is 17.1 Å². The number of nitrogens with zero attached hydrogens (tertiary/aromatic N) is 1. The molecule has 13 heteroatoms. The fraction of sp³-hybridized carbons (Fsp3) is 0.148. The fourth-order valence-electron chi connectivity index (χ4n) is 3.95. The minimum atomic E-state index is -4.59. The van der Waals surface area contributed by atoms with Gasteiger partial charge in [0.1, 0.15) is 5.76 Å². The topological polar surface area (TPSA) is 107 Å². The summed E-state index contributed by atoms with van der Waals surface area (Å²) in [5.74, 6) is -1.92. The Hall–Kier alpha value is -3.85. The van der Waals surface area contributed by atoms with Crippen molar-refractivity contribution in [2.24, 2.45) is 0 Å². The van der Waals surface area contributed by atoms with Crippen molar-refractivity contribution in [3.05, 3.63) is 104 Å². The molecule has 1 aliphatic rings. The van der Waals surface area contributed by atoms with Gasteiger partial charge in [-0.1, -0.05) is 41.0 Å². The van der Waals surface area contributed by atoms with Gasteiger partial charge in [-0.3, -0.25) is 9.59 Å². The number of amides is 2. The van der Waals surface area contributed by atoms with Crippen molar-refractivity contribution >= 4 is 58.2 Å². The number of allylic oxidation sites excluding steroid dienone is 2. The van der Waals surface area contributed by atoms with Crippen LogP contribution >= 0.6 is 35.0 Å². The standard InChI is InChI=1S/C27H19Cl2F3N4O3S/c1-14-23(25(38)36-16-5-2-4-15(10-16)27(30,31)32)24(21-6-3-9-39-21)18(12-33)26(34-14)40-13-22(37)35-17-7-8-19(28)20(29)11-17/h2-11,24,34H,13H2,1H3,(H,35,37)(H,36,38). The van der Waals surface area contributed by atoms with Crippen molar-refractivity contribution < 1.29 is 27.2 Å². The average molecular weight is 607 g/mol. The maximum Gasteiger partial charge on any atom is 0.416 e. The number of furan rings is 1. The van der Waals surface area contributed by atoms with Crippen molar-refractivity contribution in [2.75, 3.05) is 16.4 Å². The first-order valence-corrected chi connectivity index (χ1v) is 13.2. The number of hydrogen-bond donors (Lipinski definition) is 3. The maximum absolute atomic E-state index is 13.4. The van der Waals surface area contributed by atoms with Crippen LogP contribution in [0.2, 0.25) is 10.0 Å². The second-order valence-corrected chi connectivity index (χ2v) is 10.3. The molecule has 0 spiro atoms. The Morgan fingerprint density at radius 3 is 2.48 bits per heavy atom. The molecule has 0 bridgehead atoms. The highest BCUT2D eigenvalue weighted by Crippen LogP contribution is 2.41. The quantitative estimate of drug-likeness (QED) is 0.260. The van der Waals surface area contributed by atoms with E-state index in [9.17, 15) is 28.0 Å².